The third kappa shape index (κ3) is 7.96. The predicted octanol–water partition coefficient (Wildman–Crippen LogP) is 4.68. The van der Waals surface area contributed by atoms with Crippen molar-refractivity contribution in [3.63, 3.8) is 0 Å². The molecule has 2 aromatic rings. The van der Waals surface area contributed by atoms with E-state index in [-0.39, 0.29) is 24.0 Å². The summed E-state index contributed by atoms with van der Waals surface area (Å²) in [7, 11) is 0. The number of hydrogen-bond donors (Lipinski definition) is 3. The number of halogens is 1. The van der Waals surface area contributed by atoms with E-state index in [1.807, 2.05) is 0 Å². The third-order valence-corrected chi connectivity index (χ3v) is 6.16. The maximum atomic E-state index is 9.32. The van der Waals surface area contributed by atoms with Crippen LogP contribution in [-0.4, -0.2) is 43.9 Å². The normalized spacial score (nSPS) is 15.8. The summed E-state index contributed by atoms with van der Waals surface area (Å²) in [5.74, 6) is 1.74. The molecule has 0 amide bonds. The molecule has 1 atom stereocenters. The molecular weight excluding hydrogens is 511 g/mol. The fourth-order valence-corrected chi connectivity index (χ4v) is 3.96. The number of aryl methyl sites for hydroxylation is 1. The number of aliphatic hydroxyl groups excluding tert-OH is 1. The van der Waals surface area contributed by atoms with Crippen LogP contribution in [0.1, 0.15) is 49.3 Å². The first kappa shape index (κ1) is 26.5. The second-order valence-electron chi connectivity index (χ2n) is 8.67. The molecule has 0 aliphatic carbocycles. The van der Waals surface area contributed by atoms with Crippen molar-refractivity contribution in [1.82, 2.24) is 10.6 Å². The van der Waals surface area contributed by atoms with Gasteiger partial charge in [0.25, 0.3) is 0 Å². The van der Waals surface area contributed by atoms with Gasteiger partial charge in [0.1, 0.15) is 0 Å². The number of aliphatic imine (C=N–C) groups is 1. The zero-order valence-corrected chi connectivity index (χ0v) is 22.0. The molecule has 1 unspecified atom stereocenters. The molecule has 1 heterocycles. The Morgan fingerprint density at radius 1 is 1.06 bits per heavy atom. The highest BCUT2D eigenvalue weighted by atomic mass is 127. The van der Waals surface area contributed by atoms with Crippen molar-refractivity contribution in [2.45, 2.75) is 46.1 Å². The quantitative estimate of drug-likeness (QED) is 0.254. The standard InChI is InChI=1S/C26H38N4O.HI/c1-4-27-26(28-17-21(3)24-9-5-20(2)6-10-24)29-18-22-7-11-25(12-8-22)30-15-13-23(19-31)14-16-30;/h5-12,21,23,31H,4,13-19H2,1-3H3,(H2,27,28,29);1H. The number of nitrogens with one attached hydrogen (secondary N) is 2. The number of benzene rings is 2. The van der Waals surface area contributed by atoms with Crippen LogP contribution in [0, 0.1) is 12.8 Å². The summed E-state index contributed by atoms with van der Waals surface area (Å²) in [6, 6.07) is 17.5. The molecule has 0 bridgehead atoms. The van der Waals surface area contributed by atoms with Gasteiger partial charge in [-0.1, -0.05) is 48.9 Å². The highest BCUT2D eigenvalue weighted by molar-refractivity contribution is 14.0. The van der Waals surface area contributed by atoms with Crippen LogP contribution in [0.5, 0.6) is 0 Å². The lowest BCUT2D eigenvalue weighted by atomic mass is 9.97. The van der Waals surface area contributed by atoms with Gasteiger partial charge in [0.2, 0.25) is 0 Å². The van der Waals surface area contributed by atoms with Crippen LogP contribution in [0.15, 0.2) is 53.5 Å². The Bertz CT molecular complexity index is 815. The van der Waals surface area contributed by atoms with Gasteiger partial charge in [0, 0.05) is 38.5 Å². The second kappa shape index (κ2) is 13.7. The first-order valence-corrected chi connectivity index (χ1v) is 11.6. The van der Waals surface area contributed by atoms with Crippen LogP contribution in [-0.2, 0) is 6.54 Å². The van der Waals surface area contributed by atoms with Crippen molar-refractivity contribution >= 4 is 35.6 Å². The van der Waals surface area contributed by atoms with Crippen LogP contribution < -0.4 is 15.5 Å². The average Bonchev–Trinajstić information content (AvgIpc) is 2.81. The Balaban J connectivity index is 0.00000363. The molecule has 1 aliphatic rings. The molecule has 5 nitrogen and oxygen atoms in total. The first-order chi connectivity index (χ1) is 15.1. The third-order valence-electron chi connectivity index (χ3n) is 6.16. The van der Waals surface area contributed by atoms with Gasteiger partial charge in [0.05, 0.1) is 6.54 Å². The minimum Gasteiger partial charge on any atom is -0.396 e. The summed E-state index contributed by atoms with van der Waals surface area (Å²) in [5, 5.41) is 16.2. The van der Waals surface area contributed by atoms with Gasteiger partial charge < -0.3 is 20.6 Å². The minimum atomic E-state index is 0. The molecule has 0 aromatic heterocycles. The smallest absolute Gasteiger partial charge is 0.191 e. The number of rotatable bonds is 8. The van der Waals surface area contributed by atoms with Crippen molar-refractivity contribution in [1.29, 1.82) is 0 Å². The minimum absolute atomic E-state index is 0. The van der Waals surface area contributed by atoms with Crippen LogP contribution in [0.25, 0.3) is 0 Å². The number of aliphatic hydroxyl groups is 1. The van der Waals surface area contributed by atoms with Crippen molar-refractivity contribution in [2.75, 3.05) is 37.7 Å². The Hall–Kier alpha value is -1.80. The fourth-order valence-electron chi connectivity index (χ4n) is 3.96. The Morgan fingerprint density at radius 3 is 2.31 bits per heavy atom. The summed E-state index contributed by atoms with van der Waals surface area (Å²) in [6.45, 7) is 11.2. The van der Waals surface area contributed by atoms with E-state index in [2.05, 4.69) is 84.8 Å². The van der Waals surface area contributed by atoms with Gasteiger partial charge in [-0.3, -0.25) is 0 Å². The second-order valence-corrected chi connectivity index (χ2v) is 8.67. The van der Waals surface area contributed by atoms with Crippen molar-refractivity contribution in [3.8, 4) is 0 Å². The highest BCUT2D eigenvalue weighted by Crippen LogP contribution is 2.23. The monoisotopic (exact) mass is 550 g/mol. The molecule has 0 radical (unpaired) electrons. The summed E-state index contributed by atoms with van der Waals surface area (Å²) >= 11 is 0. The summed E-state index contributed by atoms with van der Waals surface area (Å²) in [6.07, 6.45) is 2.14. The SMILES string of the molecule is CCNC(=NCc1ccc(N2CCC(CO)CC2)cc1)NCC(C)c1ccc(C)cc1.I. The van der Waals surface area contributed by atoms with Crippen LogP contribution >= 0.6 is 24.0 Å². The Morgan fingerprint density at radius 2 is 1.72 bits per heavy atom. The maximum Gasteiger partial charge on any atom is 0.191 e. The molecule has 2 aromatic carbocycles. The van der Waals surface area contributed by atoms with Gasteiger partial charge in [-0.25, -0.2) is 4.99 Å². The largest absolute Gasteiger partial charge is 0.396 e. The van der Waals surface area contributed by atoms with Crippen LogP contribution in [0.4, 0.5) is 5.69 Å². The molecule has 0 spiro atoms. The molecular formula is C26H39IN4O. The average molecular weight is 551 g/mol. The summed E-state index contributed by atoms with van der Waals surface area (Å²) < 4.78 is 0. The lowest BCUT2D eigenvalue weighted by molar-refractivity contribution is 0.203. The Labute approximate surface area is 210 Å². The molecule has 6 heteroatoms. The molecule has 1 fully saturated rings. The number of hydrogen-bond acceptors (Lipinski definition) is 3. The van der Waals surface area contributed by atoms with E-state index in [4.69, 9.17) is 4.99 Å². The van der Waals surface area contributed by atoms with E-state index in [1.165, 1.54) is 22.4 Å². The molecule has 3 N–H and O–H groups in total. The lowest BCUT2D eigenvalue weighted by Gasteiger charge is -2.32. The van der Waals surface area contributed by atoms with Crippen molar-refractivity contribution in [3.05, 3.63) is 65.2 Å². The van der Waals surface area contributed by atoms with E-state index in [1.54, 1.807) is 0 Å². The number of piperidine rings is 1. The number of guanidine groups is 1. The molecule has 3 rings (SSSR count). The number of nitrogens with zero attached hydrogens (tertiary/aromatic N) is 2. The summed E-state index contributed by atoms with van der Waals surface area (Å²) in [4.78, 5) is 7.19. The lowest BCUT2D eigenvalue weighted by Crippen LogP contribution is -2.39. The first-order valence-electron chi connectivity index (χ1n) is 11.6. The van der Waals surface area contributed by atoms with E-state index >= 15 is 0 Å². The van der Waals surface area contributed by atoms with Crippen LogP contribution in [0.2, 0.25) is 0 Å². The van der Waals surface area contributed by atoms with Crippen LogP contribution in [0.3, 0.4) is 0 Å². The van der Waals surface area contributed by atoms with E-state index in [0.717, 1.165) is 45.0 Å². The zero-order valence-electron chi connectivity index (χ0n) is 19.7. The zero-order chi connectivity index (χ0) is 22.1. The van der Waals surface area contributed by atoms with E-state index < -0.39 is 0 Å². The maximum absolute atomic E-state index is 9.32. The predicted molar refractivity (Wildman–Crippen MR) is 146 cm³/mol. The molecule has 0 saturated carbocycles. The molecule has 1 aliphatic heterocycles. The van der Waals surface area contributed by atoms with Gasteiger partial charge in [-0.05, 0) is 61.8 Å². The molecule has 176 valence electrons. The Kier molecular flexibility index (Phi) is 11.3. The van der Waals surface area contributed by atoms with Gasteiger partial charge in [-0.2, -0.15) is 0 Å². The van der Waals surface area contributed by atoms with Gasteiger partial charge in [-0.15, -0.1) is 24.0 Å². The van der Waals surface area contributed by atoms with Gasteiger partial charge in [0.15, 0.2) is 5.96 Å². The van der Waals surface area contributed by atoms with Gasteiger partial charge >= 0.3 is 0 Å². The van der Waals surface area contributed by atoms with Crippen molar-refractivity contribution < 1.29 is 5.11 Å². The van der Waals surface area contributed by atoms with E-state index in [9.17, 15) is 5.11 Å². The van der Waals surface area contributed by atoms with E-state index in [0.29, 0.717) is 25.0 Å². The topological polar surface area (TPSA) is 59.9 Å². The summed E-state index contributed by atoms with van der Waals surface area (Å²) in [5.41, 5.74) is 5.10. The highest BCUT2D eigenvalue weighted by Gasteiger charge is 2.18. The molecule has 1 saturated heterocycles. The van der Waals surface area contributed by atoms with Crippen molar-refractivity contribution in [2.24, 2.45) is 10.9 Å². The number of anilines is 1. The fraction of sp³-hybridized carbons (Fsp3) is 0.500. The molecule has 32 heavy (non-hydrogen) atoms.